The molecule has 0 aliphatic rings. The van der Waals surface area contributed by atoms with E-state index >= 15 is 0 Å². The summed E-state index contributed by atoms with van der Waals surface area (Å²) in [5, 5.41) is 12.7. The number of non-ortho nitro benzene ring substituents is 1. The van der Waals surface area contributed by atoms with Crippen LogP contribution < -0.4 is 0 Å². The zero-order valence-corrected chi connectivity index (χ0v) is 12.4. The van der Waals surface area contributed by atoms with Gasteiger partial charge in [-0.05, 0) is 46.8 Å². The highest BCUT2D eigenvalue weighted by atomic mass is 32.1. The Labute approximate surface area is 131 Å². The Balaban J connectivity index is 1.77. The quantitative estimate of drug-likeness (QED) is 0.383. The largest absolute Gasteiger partial charge is 0.269 e. The van der Waals surface area contributed by atoms with Crippen LogP contribution in [-0.4, -0.2) is 11.1 Å². The van der Waals surface area contributed by atoms with Gasteiger partial charge in [-0.3, -0.25) is 15.1 Å². The van der Waals surface area contributed by atoms with Gasteiger partial charge in [-0.1, -0.05) is 18.2 Å². The smallest absolute Gasteiger partial charge is 0.258 e. The van der Waals surface area contributed by atoms with Gasteiger partial charge in [0, 0.05) is 23.2 Å². The van der Waals surface area contributed by atoms with Crippen molar-refractivity contribution >= 4 is 28.9 Å². The van der Waals surface area contributed by atoms with E-state index in [0.29, 0.717) is 0 Å². The summed E-state index contributed by atoms with van der Waals surface area (Å²) in [5.41, 5.74) is 2.92. The van der Waals surface area contributed by atoms with Crippen molar-refractivity contribution in [1.82, 2.24) is 0 Å². The lowest BCUT2D eigenvalue weighted by Gasteiger charge is -2.02. The molecule has 0 saturated heterocycles. The fourth-order valence-corrected chi connectivity index (χ4v) is 2.60. The van der Waals surface area contributed by atoms with Crippen LogP contribution in [0, 0.1) is 10.1 Å². The Kier molecular flexibility index (Phi) is 4.07. The van der Waals surface area contributed by atoms with E-state index in [9.17, 15) is 10.1 Å². The molecule has 0 bridgehead atoms. The highest BCUT2D eigenvalue weighted by molar-refractivity contribution is 7.11. The molecule has 5 heteroatoms. The molecule has 0 unspecified atom stereocenters. The maximum atomic E-state index is 10.7. The van der Waals surface area contributed by atoms with Crippen LogP contribution in [0.25, 0.3) is 11.1 Å². The van der Waals surface area contributed by atoms with Crippen molar-refractivity contribution in [3.63, 3.8) is 0 Å². The summed E-state index contributed by atoms with van der Waals surface area (Å²) in [6.07, 6.45) is 1.84. The first kappa shape index (κ1) is 14.2. The minimum absolute atomic E-state index is 0.0981. The van der Waals surface area contributed by atoms with Gasteiger partial charge < -0.3 is 0 Å². The average Bonchev–Trinajstić information content (AvgIpc) is 3.07. The summed E-state index contributed by atoms with van der Waals surface area (Å²) in [7, 11) is 0. The average molecular weight is 308 g/mol. The van der Waals surface area contributed by atoms with Crippen molar-refractivity contribution in [3.05, 3.63) is 81.0 Å². The lowest BCUT2D eigenvalue weighted by Crippen LogP contribution is -1.87. The van der Waals surface area contributed by atoms with Crippen LogP contribution in [0.2, 0.25) is 0 Å². The van der Waals surface area contributed by atoms with Gasteiger partial charge in [0.15, 0.2) is 0 Å². The molecule has 0 aliphatic carbocycles. The molecular formula is C17H12N2O2S. The van der Waals surface area contributed by atoms with Crippen molar-refractivity contribution in [2.45, 2.75) is 0 Å². The normalized spacial score (nSPS) is 10.9. The van der Waals surface area contributed by atoms with Crippen molar-refractivity contribution < 1.29 is 4.92 Å². The third kappa shape index (κ3) is 3.27. The van der Waals surface area contributed by atoms with E-state index in [1.165, 1.54) is 12.1 Å². The minimum atomic E-state index is -0.397. The van der Waals surface area contributed by atoms with Crippen LogP contribution in [-0.2, 0) is 0 Å². The van der Waals surface area contributed by atoms with Crippen molar-refractivity contribution in [2.24, 2.45) is 4.99 Å². The van der Waals surface area contributed by atoms with Gasteiger partial charge in [0.1, 0.15) is 0 Å². The van der Waals surface area contributed by atoms with Crippen LogP contribution in [0.5, 0.6) is 0 Å². The van der Waals surface area contributed by atoms with Crippen LogP contribution in [0.15, 0.2) is 71.0 Å². The van der Waals surface area contributed by atoms with Crippen molar-refractivity contribution in [1.29, 1.82) is 0 Å². The van der Waals surface area contributed by atoms with E-state index in [-0.39, 0.29) is 5.69 Å². The fourth-order valence-electron chi connectivity index (χ4n) is 2.02. The molecule has 0 fully saturated rings. The topological polar surface area (TPSA) is 55.5 Å². The lowest BCUT2D eigenvalue weighted by atomic mass is 10.1. The molecule has 0 radical (unpaired) electrons. The predicted molar refractivity (Wildman–Crippen MR) is 90.1 cm³/mol. The van der Waals surface area contributed by atoms with Crippen LogP contribution in [0.3, 0.4) is 0 Å². The number of nitrogens with zero attached hydrogens (tertiary/aromatic N) is 2. The second-order valence-corrected chi connectivity index (χ2v) is 5.60. The van der Waals surface area contributed by atoms with E-state index in [2.05, 4.69) is 4.99 Å². The highest BCUT2D eigenvalue weighted by Gasteiger charge is 2.05. The van der Waals surface area contributed by atoms with E-state index in [1.807, 2.05) is 48.0 Å². The van der Waals surface area contributed by atoms with Gasteiger partial charge in [0.25, 0.3) is 5.69 Å². The Morgan fingerprint density at radius 3 is 2.14 bits per heavy atom. The molecule has 0 N–H and O–H groups in total. The highest BCUT2D eigenvalue weighted by Crippen LogP contribution is 2.24. The third-order valence-corrected chi connectivity index (χ3v) is 3.97. The van der Waals surface area contributed by atoms with Crippen LogP contribution in [0.4, 0.5) is 11.4 Å². The maximum Gasteiger partial charge on any atom is 0.269 e. The fraction of sp³-hybridized carbons (Fsp3) is 0. The molecule has 4 nitrogen and oxygen atoms in total. The van der Waals surface area contributed by atoms with Gasteiger partial charge in [0.05, 0.1) is 10.6 Å². The Morgan fingerprint density at radius 1 is 0.955 bits per heavy atom. The molecule has 108 valence electrons. The van der Waals surface area contributed by atoms with Crippen LogP contribution in [0.1, 0.15) is 4.88 Å². The number of nitro benzene ring substituents is 1. The van der Waals surface area contributed by atoms with E-state index in [1.54, 1.807) is 23.5 Å². The zero-order chi connectivity index (χ0) is 15.4. The SMILES string of the molecule is O=[N+]([O-])c1ccc(-c2ccc(N=Cc3cccs3)cc2)cc1. The summed E-state index contributed by atoms with van der Waals surface area (Å²) in [6.45, 7) is 0. The predicted octanol–water partition coefficient (Wildman–Crippen LogP) is 5.07. The number of aliphatic imine (C=N–C) groups is 1. The molecule has 1 heterocycles. The third-order valence-electron chi connectivity index (χ3n) is 3.16. The molecule has 22 heavy (non-hydrogen) atoms. The molecule has 1 aromatic heterocycles. The van der Waals surface area contributed by atoms with Gasteiger partial charge >= 0.3 is 0 Å². The second-order valence-electron chi connectivity index (χ2n) is 4.62. The number of nitro groups is 1. The van der Waals surface area contributed by atoms with Gasteiger partial charge in [-0.2, -0.15) is 0 Å². The Morgan fingerprint density at radius 2 is 1.59 bits per heavy atom. The molecule has 0 saturated carbocycles. The molecule has 0 atom stereocenters. The van der Waals surface area contributed by atoms with Gasteiger partial charge in [0.2, 0.25) is 0 Å². The molecule has 3 aromatic rings. The van der Waals surface area contributed by atoms with Crippen LogP contribution >= 0.6 is 11.3 Å². The molecule has 3 rings (SSSR count). The molecule has 0 amide bonds. The summed E-state index contributed by atoms with van der Waals surface area (Å²) in [4.78, 5) is 15.8. The summed E-state index contributed by atoms with van der Waals surface area (Å²) < 4.78 is 0. The minimum Gasteiger partial charge on any atom is -0.258 e. The summed E-state index contributed by atoms with van der Waals surface area (Å²) in [5.74, 6) is 0. The first-order valence-corrected chi connectivity index (χ1v) is 7.53. The molecule has 2 aromatic carbocycles. The lowest BCUT2D eigenvalue weighted by molar-refractivity contribution is -0.384. The number of thiophene rings is 1. The van der Waals surface area contributed by atoms with E-state index in [0.717, 1.165) is 21.7 Å². The van der Waals surface area contributed by atoms with E-state index in [4.69, 9.17) is 0 Å². The number of rotatable bonds is 4. The Bertz CT molecular complexity index is 792. The monoisotopic (exact) mass is 308 g/mol. The number of hydrogen-bond acceptors (Lipinski definition) is 4. The van der Waals surface area contributed by atoms with Gasteiger partial charge in [-0.15, -0.1) is 11.3 Å². The van der Waals surface area contributed by atoms with Crippen molar-refractivity contribution in [2.75, 3.05) is 0 Å². The molecule has 0 spiro atoms. The second kappa shape index (κ2) is 6.32. The summed E-state index contributed by atoms with van der Waals surface area (Å²) in [6, 6.07) is 18.3. The number of benzene rings is 2. The zero-order valence-electron chi connectivity index (χ0n) is 11.5. The molecular weight excluding hydrogens is 296 g/mol. The van der Waals surface area contributed by atoms with E-state index < -0.39 is 4.92 Å². The maximum absolute atomic E-state index is 10.7. The Hall–Kier alpha value is -2.79. The first-order chi connectivity index (χ1) is 10.7. The van der Waals surface area contributed by atoms with Gasteiger partial charge in [-0.25, -0.2) is 0 Å². The standard InChI is InChI=1S/C17H12N2O2S/c20-19(21)16-9-5-14(6-10-16)13-3-7-15(8-4-13)18-12-17-2-1-11-22-17/h1-12H. The summed E-state index contributed by atoms with van der Waals surface area (Å²) >= 11 is 1.64. The first-order valence-electron chi connectivity index (χ1n) is 6.65. The number of hydrogen-bond donors (Lipinski definition) is 0. The molecule has 0 aliphatic heterocycles. The van der Waals surface area contributed by atoms with Crippen molar-refractivity contribution in [3.8, 4) is 11.1 Å².